The summed E-state index contributed by atoms with van der Waals surface area (Å²) in [7, 11) is -4.39. The Bertz CT molecular complexity index is 1590. The minimum Gasteiger partial charge on any atom is -0.462 e. The van der Waals surface area contributed by atoms with Gasteiger partial charge in [-0.1, -0.05) is 298 Å². The summed E-state index contributed by atoms with van der Waals surface area (Å²) in [4.78, 5) is 35.2. The summed E-state index contributed by atoms with van der Waals surface area (Å²) in [5.41, 5.74) is 5.39. The quantitative estimate of drug-likeness (QED) is 0.0264. The molecule has 0 saturated carbocycles. The van der Waals surface area contributed by atoms with Gasteiger partial charge in [0.15, 0.2) is 6.10 Å². The van der Waals surface area contributed by atoms with Crippen molar-refractivity contribution in [1.29, 1.82) is 0 Å². The highest BCUT2D eigenvalue weighted by Crippen LogP contribution is 2.43. The molecular weight excluding hydrogens is 1010 g/mol. The SMILES string of the molecule is CC/C=C\C/C=C\C/C=C\C/C=C\C/C=C\C/C=C\CCCCCCCCCCCCCCCCCCCCCCCCC(=O)OC(COC(=O)CCCCCCCCC/C=C\CCCCCCCCC)COP(=O)(O)OCCN. The van der Waals surface area contributed by atoms with Crippen molar-refractivity contribution >= 4 is 19.8 Å². The van der Waals surface area contributed by atoms with Crippen LogP contribution in [0.25, 0.3) is 0 Å². The van der Waals surface area contributed by atoms with Crippen molar-refractivity contribution in [2.75, 3.05) is 26.4 Å². The van der Waals surface area contributed by atoms with Gasteiger partial charge < -0.3 is 20.1 Å². The van der Waals surface area contributed by atoms with Gasteiger partial charge in [0.1, 0.15) is 6.61 Å². The summed E-state index contributed by atoms with van der Waals surface area (Å²) < 4.78 is 33.1. The van der Waals surface area contributed by atoms with Gasteiger partial charge >= 0.3 is 19.8 Å². The number of esters is 2. The first-order valence-corrected chi connectivity index (χ1v) is 35.1. The molecule has 464 valence electrons. The molecule has 0 amide bonds. The largest absolute Gasteiger partial charge is 0.472 e. The maximum Gasteiger partial charge on any atom is 0.472 e. The first-order chi connectivity index (χ1) is 39.3. The Morgan fingerprint density at radius 1 is 0.388 bits per heavy atom. The first kappa shape index (κ1) is 77.2. The van der Waals surface area contributed by atoms with E-state index in [4.69, 9.17) is 24.3 Å². The number of rotatable bonds is 63. The lowest BCUT2D eigenvalue weighted by Gasteiger charge is -2.19. The fourth-order valence-electron chi connectivity index (χ4n) is 9.58. The van der Waals surface area contributed by atoms with Crippen molar-refractivity contribution in [3.63, 3.8) is 0 Å². The summed E-state index contributed by atoms with van der Waals surface area (Å²) in [5, 5.41) is 0. The number of nitrogens with two attached hydrogens (primary N) is 1. The third-order valence-corrected chi connectivity index (χ3v) is 15.5. The molecule has 2 atom stereocenters. The van der Waals surface area contributed by atoms with Gasteiger partial charge in [-0.25, -0.2) is 4.57 Å². The van der Waals surface area contributed by atoms with E-state index in [9.17, 15) is 19.0 Å². The molecule has 0 fully saturated rings. The molecule has 0 bridgehead atoms. The van der Waals surface area contributed by atoms with Crippen molar-refractivity contribution < 1.29 is 37.6 Å². The second-order valence-corrected chi connectivity index (χ2v) is 23.8. The van der Waals surface area contributed by atoms with Crippen LogP contribution in [0.5, 0.6) is 0 Å². The molecule has 0 aliphatic rings. The minimum atomic E-state index is -4.39. The van der Waals surface area contributed by atoms with E-state index in [-0.39, 0.29) is 38.6 Å². The molecule has 80 heavy (non-hydrogen) atoms. The third-order valence-electron chi connectivity index (χ3n) is 14.5. The third kappa shape index (κ3) is 64.4. The summed E-state index contributed by atoms with van der Waals surface area (Å²) in [6.07, 6.45) is 86.8. The van der Waals surface area contributed by atoms with Crippen LogP contribution in [-0.2, 0) is 32.7 Å². The number of ether oxygens (including phenoxy) is 2. The van der Waals surface area contributed by atoms with Gasteiger partial charge in [-0.2, -0.15) is 0 Å². The van der Waals surface area contributed by atoms with E-state index < -0.39 is 26.5 Å². The van der Waals surface area contributed by atoms with Crippen LogP contribution in [0.1, 0.15) is 316 Å². The zero-order valence-corrected chi connectivity index (χ0v) is 52.9. The van der Waals surface area contributed by atoms with Crippen LogP contribution in [0.3, 0.4) is 0 Å². The summed E-state index contributed by atoms with van der Waals surface area (Å²) in [6, 6.07) is 0. The number of allylic oxidation sites excluding steroid dienone is 14. The molecule has 0 saturated heterocycles. The second-order valence-electron chi connectivity index (χ2n) is 22.3. The van der Waals surface area contributed by atoms with Crippen molar-refractivity contribution in [3.05, 3.63) is 85.1 Å². The molecule has 0 spiro atoms. The van der Waals surface area contributed by atoms with E-state index in [2.05, 4.69) is 98.9 Å². The Kier molecular flexibility index (Phi) is 63.0. The molecule has 3 N–H and O–H groups in total. The lowest BCUT2D eigenvalue weighted by atomic mass is 10.0. The minimum absolute atomic E-state index is 0.0528. The Balaban J connectivity index is 3.80. The summed E-state index contributed by atoms with van der Waals surface area (Å²) >= 11 is 0. The predicted molar refractivity (Wildman–Crippen MR) is 344 cm³/mol. The average Bonchev–Trinajstić information content (AvgIpc) is 3.45. The molecule has 0 heterocycles. The Hall–Kier alpha value is -2.81. The predicted octanol–water partition coefficient (Wildman–Crippen LogP) is 21.8. The Morgan fingerprint density at radius 2 is 0.688 bits per heavy atom. The van der Waals surface area contributed by atoms with Gasteiger partial charge in [0.05, 0.1) is 13.2 Å². The highest BCUT2D eigenvalue weighted by molar-refractivity contribution is 7.47. The Labute approximate surface area is 494 Å². The van der Waals surface area contributed by atoms with Gasteiger partial charge in [-0.15, -0.1) is 0 Å². The van der Waals surface area contributed by atoms with Crippen LogP contribution in [0.15, 0.2) is 85.1 Å². The van der Waals surface area contributed by atoms with Gasteiger partial charge in [-0.05, 0) is 89.9 Å². The molecule has 2 unspecified atom stereocenters. The number of phosphoric ester groups is 1. The van der Waals surface area contributed by atoms with Gasteiger partial charge in [0, 0.05) is 19.4 Å². The molecule has 0 aliphatic heterocycles. The van der Waals surface area contributed by atoms with E-state index in [1.165, 1.54) is 199 Å². The number of carbonyl (C=O) groups excluding carboxylic acids is 2. The normalized spacial score (nSPS) is 13.5. The number of hydrogen-bond donors (Lipinski definition) is 2. The number of carbonyl (C=O) groups is 2. The van der Waals surface area contributed by atoms with E-state index in [0.29, 0.717) is 6.42 Å². The second kappa shape index (κ2) is 65.3. The number of hydrogen-bond acceptors (Lipinski definition) is 8. The van der Waals surface area contributed by atoms with Crippen molar-refractivity contribution in [3.8, 4) is 0 Å². The summed E-state index contributed by atoms with van der Waals surface area (Å²) in [5.74, 6) is -0.820. The summed E-state index contributed by atoms with van der Waals surface area (Å²) in [6.45, 7) is 3.66. The number of phosphoric acid groups is 1. The topological polar surface area (TPSA) is 134 Å². The molecule has 10 heteroatoms. The maximum absolute atomic E-state index is 12.7. The molecule has 9 nitrogen and oxygen atoms in total. The van der Waals surface area contributed by atoms with Gasteiger partial charge in [0.25, 0.3) is 0 Å². The molecule has 0 radical (unpaired) electrons. The van der Waals surface area contributed by atoms with Gasteiger partial charge in [0.2, 0.25) is 0 Å². The standard InChI is InChI=1S/C70H126NO8P/c1-3-5-7-9-11-13-15-17-19-21-23-24-25-26-27-28-29-30-31-32-33-34-35-36-37-38-39-40-41-42-43-44-45-47-49-51-53-55-57-59-61-63-70(73)79-68(67-78-80(74,75)77-65-64-71)66-76-69(72)62-60-58-56-54-52-50-48-46-22-20-18-16-14-12-10-8-6-4-2/h5,7,11,13,17,19-20,22-24,26-27,29-30,68H,3-4,6,8-10,12,14-16,18,21,25,28,31-67,71H2,1-2H3,(H,74,75)/b7-5-,13-11-,19-17-,22-20-,24-23-,27-26-,30-29-. The molecule has 0 aliphatic carbocycles. The first-order valence-electron chi connectivity index (χ1n) is 33.6. The zero-order valence-electron chi connectivity index (χ0n) is 52.1. The smallest absolute Gasteiger partial charge is 0.462 e. The fraction of sp³-hybridized carbons (Fsp3) is 0.771. The van der Waals surface area contributed by atoms with Crippen LogP contribution in [0, 0.1) is 0 Å². The van der Waals surface area contributed by atoms with Crippen LogP contribution in [-0.4, -0.2) is 49.3 Å². The van der Waals surface area contributed by atoms with E-state index in [1.807, 2.05) is 0 Å². The van der Waals surface area contributed by atoms with Crippen molar-refractivity contribution in [2.24, 2.45) is 5.73 Å². The zero-order chi connectivity index (χ0) is 58.0. The van der Waals surface area contributed by atoms with E-state index in [1.54, 1.807) is 0 Å². The van der Waals surface area contributed by atoms with E-state index in [0.717, 1.165) is 83.5 Å². The van der Waals surface area contributed by atoms with Crippen LogP contribution >= 0.6 is 7.82 Å². The van der Waals surface area contributed by atoms with Crippen LogP contribution in [0.4, 0.5) is 0 Å². The lowest BCUT2D eigenvalue weighted by molar-refractivity contribution is -0.161. The van der Waals surface area contributed by atoms with E-state index >= 15 is 0 Å². The lowest BCUT2D eigenvalue weighted by Crippen LogP contribution is -2.29. The maximum atomic E-state index is 12.7. The average molecular weight is 1140 g/mol. The fourth-order valence-corrected chi connectivity index (χ4v) is 10.3. The molecular formula is C70H126NO8P. The van der Waals surface area contributed by atoms with Crippen molar-refractivity contribution in [2.45, 2.75) is 322 Å². The number of unbranched alkanes of at least 4 members (excludes halogenated alkanes) is 36. The molecule has 0 aromatic rings. The van der Waals surface area contributed by atoms with Gasteiger partial charge in [-0.3, -0.25) is 18.6 Å². The highest BCUT2D eigenvalue weighted by atomic mass is 31.2. The Morgan fingerprint density at radius 3 is 1.04 bits per heavy atom. The van der Waals surface area contributed by atoms with Crippen LogP contribution in [0.2, 0.25) is 0 Å². The molecule has 0 rings (SSSR count). The van der Waals surface area contributed by atoms with Crippen LogP contribution < -0.4 is 5.73 Å². The van der Waals surface area contributed by atoms with Crippen molar-refractivity contribution in [1.82, 2.24) is 0 Å². The highest BCUT2D eigenvalue weighted by Gasteiger charge is 2.26. The monoisotopic (exact) mass is 1140 g/mol. The molecule has 0 aromatic carbocycles. The molecule has 0 aromatic heterocycles.